The highest BCUT2D eigenvalue weighted by Gasteiger charge is 2.24. The van der Waals surface area contributed by atoms with E-state index < -0.39 is 0 Å². The maximum atomic E-state index is 13.7. The van der Waals surface area contributed by atoms with Gasteiger partial charge in [0.2, 0.25) is 0 Å². The summed E-state index contributed by atoms with van der Waals surface area (Å²) in [5.74, 6) is 1.48. The molecule has 0 aliphatic rings. The van der Waals surface area contributed by atoms with E-state index in [2.05, 4.69) is 33.0 Å². The van der Waals surface area contributed by atoms with Crippen molar-refractivity contribution < 1.29 is 8.81 Å². The Balaban J connectivity index is 2.41. The standard InChI is InChI=1S/C16H22FNO/c1-5-18-15(11(4)10(2)3)14-9-12-7-6-8-13(17)16(12)19-14/h6-11,15,18H,5H2,1-4H3. The molecule has 2 aromatic rings. The molecule has 2 nitrogen and oxygen atoms in total. The average molecular weight is 263 g/mol. The molecule has 2 unspecified atom stereocenters. The molecule has 1 heterocycles. The minimum atomic E-state index is -0.295. The second-order valence-corrected chi connectivity index (χ2v) is 5.45. The first-order chi connectivity index (χ1) is 9.04. The third-order valence-electron chi connectivity index (χ3n) is 3.82. The van der Waals surface area contributed by atoms with E-state index in [0.29, 0.717) is 17.4 Å². The molecule has 104 valence electrons. The van der Waals surface area contributed by atoms with Crippen LogP contribution in [0.3, 0.4) is 0 Å². The molecule has 1 aromatic carbocycles. The predicted molar refractivity (Wildman–Crippen MR) is 76.6 cm³/mol. The Kier molecular flexibility index (Phi) is 4.25. The molecule has 19 heavy (non-hydrogen) atoms. The fourth-order valence-electron chi connectivity index (χ4n) is 2.35. The lowest BCUT2D eigenvalue weighted by molar-refractivity contribution is 0.274. The van der Waals surface area contributed by atoms with E-state index in [-0.39, 0.29) is 11.9 Å². The smallest absolute Gasteiger partial charge is 0.169 e. The van der Waals surface area contributed by atoms with Crippen LogP contribution in [0.5, 0.6) is 0 Å². The van der Waals surface area contributed by atoms with Crippen molar-refractivity contribution in [3.05, 3.63) is 35.8 Å². The monoisotopic (exact) mass is 263 g/mol. The van der Waals surface area contributed by atoms with Gasteiger partial charge in [-0.05, 0) is 30.5 Å². The summed E-state index contributed by atoms with van der Waals surface area (Å²) in [5.41, 5.74) is 0.358. The number of benzene rings is 1. The lowest BCUT2D eigenvalue weighted by Gasteiger charge is -2.25. The van der Waals surface area contributed by atoms with Gasteiger partial charge in [0.05, 0.1) is 6.04 Å². The first kappa shape index (κ1) is 14.1. The molecule has 2 rings (SSSR count). The minimum absolute atomic E-state index is 0.122. The van der Waals surface area contributed by atoms with Crippen LogP contribution in [0, 0.1) is 17.7 Å². The Morgan fingerprint density at radius 1 is 1.26 bits per heavy atom. The van der Waals surface area contributed by atoms with Crippen LogP contribution in [0.15, 0.2) is 28.7 Å². The fraction of sp³-hybridized carbons (Fsp3) is 0.500. The first-order valence-electron chi connectivity index (χ1n) is 6.96. The van der Waals surface area contributed by atoms with Gasteiger partial charge in [-0.15, -0.1) is 0 Å². The summed E-state index contributed by atoms with van der Waals surface area (Å²) in [5, 5.41) is 4.27. The van der Waals surface area contributed by atoms with Crippen LogP contribution in [0.2, 0.25) is 0 Å². The topological polar surface area (TPSA) is 25.2 Å². The second kappa shape index (κ2) is 5.74. The van der Waals surface area contributed by atoms with E-state index in [1.54, 1.807) is 6.07 Å². The zero-order valence-electron chi connectivity index (χ0n) is 12.0. The Morgan fingerprint density at radius 2 is 2.00 bits per heavy atom. The highest BCUT2D eigenvalue weighted by atomic mass is 19.1. The molecule has 0 aliphatic carbocycles. The third kappa shape index (κ3) is 2.81. The Labute approximate surface area is 114 Å². The molecule has 0 amide bonds. The molecule has 0 saturated carbocycles. The number of hydrogen-bond acceptors (Lipinski definition) is 2. The van der Waals surface area contributed by atoms with E-state index in [9.17, 15) is 4.39 Å². The van der Waals surface area contributed by atoms with Crippen molar-refractivity contribution in [1.82, 2.24) is 5.32 Å². The summed E-state index contributed by atoms with van der Waals surface area (Å²) in [6.45, 7) is 9.52. The molecular weight excluding hydrogens is 241 g/mol. The van der Waals surface area contributed by atoms with Gasteiger partial charge in [-0.3, -0.25) is 0 Å². The maximum absolute atomic E-state index is 13.7. The van der Waals surface area contributed by atoms with Crippen molar-refractivity contribution in [3.8, 4) is 0 Å². The van der Waals surface area contributed by atoms with Gasteiger partial charge in [-0.1, -0.05) is 39.8 Å². The molecule has 0 bridgehead atoms. The van der Waals surface area contributed by atoms with Crippen molar-refractivity contribution in [3.63, 3.8) is 0 Å². The number of nitrogens with one attached hydrogen (secondary N) is 1. The Bertz CT molecular complexity index is 547. The second-order valence-electron chi connectivity index (χ2n) is 5.45. The molecule has 0 radical (unpaired) electrons. The number of rotatable bonds is 5. The van der Waals surface area contributed by atoms with E-state index in [0.717, 1.165) is 17.7 Å². The van der Waals surface area contributed by atoms with Gasteiger partial charge in [0.1, 0.15) is 5.76 Å². The summed E-state index contributed by atoms with van der Waals surface area (Å²) < 4.78 is 19.4. The number of hydrogen-bond donors (Lipinski definition) is 1. The van der Waals surface area contributed by atoms with Crippen LogP contribution in [0.1, 0.15) is 39.5 Å². The Hall–Kier alpha value is -1.35. The number of para-hydroxylation sites is 1. The molecule has 2 atom stereocenters. The minimum Gasteiger partial charge on any atom is -0.456 e. The molecule has 0 fully saturated rings. The van der Waals surface area contributed by atoms with Crippen molar-refractivity contribution in [2.24, 2.45) is 11.8 Å². The largest absolute Gasteiger partial charge is 0.456 e. The summed E-state index contributed by atoms with van der Waals surface area (Å²) >= 11 is 0. The predicted octanol–water partition coefficient (Wildman–Crippen LogP) is 4.51. The van der Waals surface area contributed by atoms with E-state index in [1.165, 1.54) is 6.07 Å². The van der Waals surface area contributed by atoms with E-state index in [4.69, 9.17) is 4.42 Å². The molecular formula is C16H22FNO. The van der Waals surface area contributed by atoms with Gasteiger partial charge >= 0.3 is 0 Å². The molecule has 1 aromatic heterocycles. The van der Waals surface area contributed by atoms with Gasteiger partial charge in [0.15, 0.2) is 11.4 Å². The van der Waals surface area contributed by atoms with Gasteiger partial charge in [-0.2, -0.15) is 0 Å². The van der Waals surface area contributed by atoms with Crippen molar-refractivity contribution in [1.29, 1.82) is 0 Å². The summed E-state index contributed by atoms with van der Waals surface area (Å²) in [6.07, 6.45) is 0. The molecule has 0 saturated heterocycles. The molecule has 0 aliphatic heterocycles. The fourth-order valence-corrected chi connectivity index (χ4v) is 2.35. The van der Waals surface area contributed by atoms with E-state index >= 15 is 0 Å². The van der Waals surface area contributed by atoms with Crippen LogP contribution in [-0.4, -0.2) is 6.54 Å². The SMILES string of the molecule is CCNC(c1cc2cccc(F)c2o1)C(C)C(C)C. The first-order valence-corrected chi connectivity index (χ1v) is 6.96. The average Bonchev–Trinajstić information content (AvgIpc) is 2.80. The number of fused-ring (bicyclic) bond motifs is 1. The van der Waals surface area contributed by atoms with Gasteiger partial charge in [0.25, 0.3) is 0 Å². The normalized spacial score (nSPS) is 15.1. The van der Waals surface area contributed by atoms with Crippen molar-refractivity contribution in [2.45, 2.75) is 33.7 Å². The van der Waals surface area contributed by atoms with Crippen LogP contribution in [0.4, 0.5) is 4.39 Å². The van der Waals surface area contributed by atoms with Gasteiger partial charge < -0.3 is 9.73 Å². The molecule has 1 N–H and O–H groups in total. The molecule has 3 heteroatoms. The number of halogens is 1. The zero-order valence-corrected chi connectivity index (χ0v) is 12.0. The zero-order chi connectivity index (χ0) is 14.0. The van der Waals surface area contributed by atoms with Gasteiger partial charge in [0, 0.05) is 5.39 Å². The lowest BCUT2D eigenvalue weighted by Crippen LogP contribution is -2.29. The summed E-state index contributed by atoms with van der Waals surface area (Å²) in [6, 6.07) is 7.10. The Morgan fingerprint density at radius 3 is 2.58 bits per heavy atom. The van der Waals surface area contributed by atoms with Crippen LogP contribution in [-0.2, 0) is 0 Å². The summed E-state index contributed by atoms with van der Waals surface area (Å²) in [4.78, 5) is 0. The highest BCUT2D eigenvalue weighted by Crippen LogP contribution is 2.32. The maximum Gasteiger partial charge on any atom is 0.169 e. The van der Waals surface area contributed by atoms with Gasteiger partial charge in [-0.25, -0.2) is 4.39 Å². The van der Waals surface area contributed by atoms with Crippen LogP contribution < -0.4 is 5.32 Å². The lowest BCUT2D eigenvalue weighted by atomic mass is 9.89. The van der Waals surface area contributed by atoms with Crippen LogP contribution >= 0.6 is 0 Å². The van der Waals surface area contributed by atoms with Crippen molar-refractivity contribution >= 4 is 11.0 Å². The van der Waals surface area contributed by atoms with Crippen LogP contribution in [0.25, 0.3) is 11.0 Å². The van der Waals surface area contributed by atoms with Crippen molar-refractivity contribution in [2.75, 3.05) is 6.54 Å². The van der Waals surface area contributed by atoms with E-state index in [1.807, 2.05) is 12.1 Å². The quantitative estimate of drug-likeness (QED) is 0.858. The highest BCUT2D eigenvalue weighted by molar-refractivity contribution is 5.78. The summed E-state index contributed by atoms with van der Waals surface area (Å²) in [7, 11) is 0. The number of furan rings is 1. The molecule has 0 spiro atoms. The third-order valence-corrected chi connectivity index (χ3v) is 3.82.